The number of imidazole rings is 1. The number of carbonyl (C=O) groups excluding carboxylic acids is 2. The Morgan fingerprint density at radius 3 is 2.79 bits per heavy atom. The number of aryl methyl sites for hydroxylation is 1. The van der Waals surface area contributed by atoms with E-state index < -0.39 is 0 Å². The van der Waals surface area contributed by atoms with Gasteiger partial charge in [-0.15, -0.1) is 0 Å². The van der Waals surface area contributed by atoms with Crippen LogP contribution in [0.3, 0.4) is 0 Å². The molecule has 0 spiro atoms. The molecule has 8 heteroatoms. The van der Waals surface area contributed by atoms with Gasteiger partial charge in [0, 0.05) is 53.8 Å². The molecule has 28 heavy (non-hydrogen) atoms. The third-order valence-corrected chi connectivity index (χ3v) is 4.57. The van der Waals surface area contributed by atoms with Crippen molar-refractivity contribution in [2.45, 2.75) is 19.9 Å². The summed E-state index contributed by atoms with van der Waals surface area (Å²) in [6.07, 6.45) is 7.12. The number of hydrogen-bond acceptors (Lipinski definition) is 4. The van der Waals surface area contributed by atoms with Gasteiger partial charge in [-0.05, 0) is 53.2 Å². The average Bonchev–Trinajstić information content (AvgIpc) is 3.22. The van der Waals surface area contributed by atoms with Crippen molar-refractivity contribution in [2.75, 3.05) is 16.8 Å². The molecule has 0 aliphatic rings. The van der Waals surface area contributed by atoms with Gasteiger partial charge in [0.1, 0.15) is 5.82 Å². The van der Waals surface area contributed by atoms with Gasteiger partial charge in [-0.25, -0.2) is 9.97 Å². The van der Waals surface area contributed by atoms with Gasteiger partial charge in [-0.2, -0.15) is 0 Å². The van der Waals surface area contributed by atoms with Crippen LogP contribution in [0.4, 0.5) is 11.5 Å². The zero-order chi connectivity index (χ0) is 19.9. The molecule has 3 aromatic rings. The van der Waals surface area contributed by atoms with Gasteiger partial charge in [0.05, 0.1) is 6.33 Å². The van der Waals surface area contributed by atoms with E-state index in [1.165, 1.54) is 0 Å². The van der Waals surface area contributed by atoms with Gasteiger partial charge in [-0.1, -0.05) is 6.07 Å². The van der Waals surface area contributed by atoms with Crippen molar-refractivity contribution in [3.8, 4) is 0 Å². The zero-order valence-corrected chi connectivity index (χ0v) is 17.0. The lowest BCUT2D eigenvalue weighted by molar-refractivity contribution is -0.116. The summed E-state index contributed by atoms with van der Waals surface area (Å²) < 4.78 is 2.68. The maximum absolute atomic E-state index is 12.9. The quantitative estimate of drug-likeness (QED) is 0.605. The number of pyridine rings is 1. The summed E-state index contributed by atoms with van der Waals surface area (Å²) in [5.41, 5.74) is 1.07. The molecular formula is C20H20BrN5O2. The van der Waals surface area contributed by atoms with E-state index >= 15 is 0 Å². The lowest BCUT2D eigenvalue weighted by Crippen LogP contribution is -2.31. The van der Waals surface area contributed by atoms with E-state index in [0.29, 0.717) is 36.6 Å². The molecule has 0 atom stereocenters. The predicted molar refractivity (Wildman–Crippen MR) is 111 cm³/mol. The molecule has 1 aromatic carbocycles. The fourth-order valence-corrected chi connectivity index (χ4v) is 2.93. The molecular weight excluding hydrogens is 422 g/mol. The van der Waals surface area contributed by atoms with E-state index in [2.05, 4.69) is 31.2 Å². The third-order valence-electron chi connectivity index (χ3n) is 4.10. The monoisotopic (exact) mass is 441 g/mol. The predicted octanol–water partition coefficient (Wildman–Crippen LogP) is 3.74. The largest absolute Gasteiger partial charge is 0.337 e. The normalized spacial score (nSPS) is 10.5. The fraction of sp³-hybridized carbons (Fsp3) is 0.200. The second-order valence-corrected chi connectivity index (χ2v) is 6.98. The highest BCUT2D eigenvalue weighted by atomic mass is 79.9. The number of amides is 2. The maximum atomic E-state index is 12.9. The number of nitrogens with zero attached hydrogens (tertiary/aromatic N) is 4. The molecule has 0 fully saturated rings. The first-order valence-electron chi connectivity index (χ1n) is 8.86. The lowest BCUT2D eigenvalue weighted by atomic mass is 10.1. The molecule has 1 N–H and O–H groups in total. The fourth-order valence-electron chi connectivity index (χ4n) is 2.70. The number of hydrogen-bond donors (Lipinski definition) is 1. The first-order valence-corrected chi connectivity index (χ1v) is 9.65. The Balaban J connectivity index is 1.68. The highest BCUT2D eigenvalue weighted by molar-refractivity contribution is 9.10. The number of benzene rings is 1. The van der Waals surface area contributed by atoms with Crippen LogP contribution in [0.25, 0.3) is 0 Å². The molecule has 2 aromatic heterocycles. The number of aromatic nitrogens is 3. The van der Waals surface area contributed by atoms with Gasteiger partial charge in [0.25, 0.3) is 5.91 Å². The summed E-state index contributed by atoms with van der Waals surface area (Å²) in [5, 5.41) is 2.84. The Bertz CT molecular complexity index is 941. The minimum absolute atomic E-state index is 0.125. The highest BCUT2D eigenvalue weighted by Gasteiger charge is 2.17. The Morgan fingerprint density at radius 2 is 2.11 bits per heavy atom. The first-order chi connectivity index (χ1) is 13.6. The van der Waals surface area contributed by atoms with E-state index in [1.807, 2.05) is 23.8 Å². The second-order valence-electron chi connectivity index (χ2n) is 6.06. The molecule has 7 nitrogen and oxygen atoms in total. The van der Waals surface area contributed by atoms with E-state index in [1.54, 1.807) is 54.0 Å². The lowest BCUT2D eigenvalue weighted by Gasteiger charge is -2.20. The third kappa shape index (κ3) is 5.04. The summed E-state index contributed by atoms with van der Waals surface area (Å²) >= 11 is 3.34. The molecule has 0 saturated carbocycles. The van der Waals surface area contributed by atoms with Crippen molar-refractivity contribution in [3.05, 3.63) is 71.4 Å². The smallest absolute Gasteiger partial charge is 0.259 e. The van der Waals surface area contributed by atoms with E-state index in [9.17, 15) is 9.59 Å². The Labute approximate surface area is 171 Å². The maximum Gasteiger partial charge on any atom is 0.259 e. The average molecular weight is 442 g/mol. The molecule has 3 rings (SSSR count). The zero-order valence-electron chi connectivity index (χ0n) is 15.4. The molecule has 2 amide bonds. The van der Waals surface area contributed by atoms with Crippen molar-refractivity contribution in [1.29, 1.82) is 0 Å². The second kappa shape index (κ2) is 9.27. The van der Waals surface area contributed by atoms with Crippen LogP contribution in [0.5, 0.6) is 0 Å². The van der Waals surface area contributed by atoms with Crippen LogP contribution in [-0.2, 0) is 11.3 Å². The van der Waals surface area contributed by atoms with Gasteiger partial charge in [0.15, 0.2) is 0 Å². The molecule has 0 aliphatic carbocycles. The topological polar surface area (TPSA) is 80.1 Å². The van der Waals surface area contributed by atoms with Crippen LogP contribution in [0.2, 0.25) is 0 Å². The molecule has 0 radical (unpaired) electrons. The van der Waals surface area contributed by atoms with Crippen molar-refractivity contribution in [1.82, 2.24) is 14.5 Å². The van der Waals surface area contributed by atoms with Crippen LogP contribution in [0.1, 0.15) is 23.7 Å². The van der Waals surface area contributed by atoms with Crippen molar-refractivity contribution in [2.24, 2.45) is 0 Å². The molecule has 0 bridgehead atoms. The summed E-state index contributed by atoms with van der Waals surface area (Å²) in [5.74, 6) is 0.275. The van der Waals surface area contributed by atoms with Crippen LogP contribution in [-0.4, -0.2) is 32.9 Å². The van der Waals surface area contributed by atoms with Gasteiger partial charge in [0.2, 0.25) is 5.91 Å². The van der Waals surface area contributed by atoms with Crippen molar-refractivity contribution >= 4 is 39.2 Å². The van der Waals surface area contributed by atoms with Crippen LogP contribution >= 0.6 is 15.9 Å². The van der Waals surface area contributed by atoms with E-state index in [0.717, 1.165) is 4.47 Å². The summed E-state index contributed by atoms with van der Waals surface area (Å²) in [7, 11) is 0. The highest BCUT2D eigenvalue weighted by Crippen LogP contribution is 2.19. The Kier molecular flexibility index (Phi) is 6.54. The molecule has 0 unspecified atom stereocenters. The summed E-state index contributed by atoms with van der Waals surface area (Å²) in [4.78, 5) is 34.9. The van der Waals surface area contributed by atoms with Crippen molar-refractivity contribution in [3.63, 3.8) is 0 Å². The van der Waals surface area contributed by atoms with Gasteiger partial charge < -0.3 is 9.88 Å². The first kappa shape index (κ1) is 19.8. The summed E-state index contributed by atoms with van der Waals surface area (Å²) in [6.45, 7) is 2.92. The van der Waals surface area contributed by atoms with Gasteiger partial charge >= 0.3 is 0 Å². The molecule has 2 heterocycles. The molecule has 0 saturated heterocycles. The van der Waals surface area contributed by atoms with E-state index in [4.69, 9.17) is 0 Å². The molecule has 0 aliphatic heterocycles. The van der Waals surface area contributed by atoms with Crippen LogP contribution in [0, 0.1) is 0 Å². The molecule has 144 valence electrons. The van der Waals surface area contributed by atoms with Crippen LogP contribution < -0.4 is 10.2 Å². The van der Waals surface area contributed by atoms with E-state index in [-0.39, 0.29) is 11.8 Å². The number of anilines is 2. The van der Waals surface area contributed by atoms with Gasteiger partial charge in [-0.3, -0.25) is 14.5 Å². The van der Waals surface area contributed by atoms with Crippen molar-refractivity contribution < 1.29 is 9.59 Å². The number of rotatable bonds is 7. The SMILES string of the molecule is CCN(C(=O)c1cccc(NC(=O)CCn2ccnc2)c1)c1ccc(Br)cn1. The number of carbonyl (C=O) groups is 2. The Hall–Kier alpha value is -3.00. The number of halogens is 1. The number of nitrogens with one attached hydrogen (secondary N) is 1. The Morgan fingerprint density at radius 1 is 1.25 bits per heavy atom. The minimum atomic E-state index is -0.174. The standard InChI is InChI=1S/C20H20BrN5O2/c1-2-26(18-7-6-16(21)13-23-18)20(28)15-4-3-5-17(12-15)24-19(27)8-10-25-11-9-22-14-25/h3-7,9,11-14H,2,8,10H2,1H3,(H,24,27). The van der Waals surface area contributed by atoms with Crippen LogP contribution in [0.15, 0.2) is 65.8 Å². The minimum Gasteiger partial charge on any atom is -0.337 e. The summed E-state index contributed by atoms with van der Waals surface area (Å²) in [6, 6.07) is 10.5.